The van der Waals surface area contributed by atoms with Gasteiger partial charge in [-0.1, -0.05) is 12.1 Å². The Labute approximate surface area is 145 Å². The fourth-order valence-electron chi connectivity index (χ4n) is 3.36. The monoisotopic (exact) mass is 343 g/mol. The molecule has 1 heterocycles. The van der Waals surface area contributed by atoms with Crippen molar-refractivity contribution in [1.29, 1.82) is 0 Å². The van der Waals surface area contributed by atoms with Crippen LogP contribution in [0.15, 0.2) is 35.7 Å². The lowest BCUT2D eigenvalue weighted by molar-refractivity contribution is -0.129. The van der Waals surface area contributed by atoms with Crippen molar-refractivity contribution >= 4 is 17.6 Å². The van der Waals surface area contributed by atoms with Gasteiger partial charge in [0, 0.05) is 6.04 Å². The molecule has 3 rings (SSSR count). The van der Waals surface area contributed by atoms with Gasteiger partial charge in [0.15, 0.2) is 5.78 Å². The molecule has 2 aliphatic rings. The Balaban J connectivity index is 1.62. The van der Waals surface area contributed by atoms with E-state index in [0.717, 1.165) is 25.0 Å². The summed E-state index contributed by atoms with van der Waals surface area (Å²) >= 11 is 0. The van der Waals surface area contributed by atoms with Crippen molar-refractivity contribution in [3.8, 4) is 5.75 Å². The van der Waals surface area contributed by atoms with E-state index in [-0.39, 0.29) is 23.9 Å². The van der Waals surface area contributed by atoms with Crippen LogP contribution in [0.5, 0.6) is 5.75 Å². The maximum Gasteiger partial charge on any atom is 0.270 e. The molecular formula is C18H21N3O4. The number of hydrogen-bond donors (Lipinski definition) is 3. The Morgan fingerprint density at radius 1 is 1.24 bits per heavy atom. The highest BCUT2D eigenvalue weighted by Crippen LogP contribution is 2.35. The second-order valence-corrected chi connectivity index (χ2v) is 6.39. The molecule has 0 radical (unpaired) electrons. The molecule has 1 aromatic carbocycles. The van der Waals surface area contributed by atoms with Gasteiger partial charge in [-0.05, 0) is 42.9 Å². The van der Waals surface area contributed by atoms with Crippen molar-refractivity contribution in [3.63, 3.8) is 0 Å². The zero-order valence-corrected chi connectivity index (χ0v) is 14.0. The molecule has 132 valence electrons. The van der Waals surface area contributed by atoms with E-state index in [1.165, 1.54) is 5.56 Å². The molecule has 25 heavy (non-hydrogen) atoms. The van der Waals surface area contributed by atoms with Crippen LogP contribution in [0, 0.1) is 0 Å². The van der Waals surface area contributed by atoms with Gasteiger partial charge in [-0.15, -0.1) is 0 Å². The fourth-order valence-corrected chi connectivity index (χ4v) is 3.36. The van der Waals surface area contributed by atoms with Crippen molar-refractivity contribution in [2.45, 2.75) is 37.6 Å². The number of amides is 2. The zero-order valence-electron chi connectivity index (χ0n) is 14.0. The van der Waals surface area contributed by atoms with Crippen LogP contribution in [0.1, 0.15) is 37.2 Å². The molecule has 2 amide bonds. The zero-order chi connectivity index (χ0) is 18.0. The molecule has 1 aromatic rings. The molecule has 7 heteroatoms. The van der Waals surface area contributed by atoms with Gasteiger partial charge in [0.05, 0.1) is 13.5 Å². The van der Waals surface area contributed by atoms with Crippen molar-refractivity contribution in [2.24, 2.45) is 5.73 Å². The van der Waals surface area contributed by atoms with Crippen molar-refractivity contribution in [3.05, 3.63) is 41.2 Å². The quantitative estimate of drug-likeness (QED) is 0.697. The molecule has 0 aromatic heterocycles. The number of carbonyl (C=O) groups is 3. The van der Waals surface area contributed by atoms with Crippen LogP contribution in [0.3, 0.4) is 0 Å². The summed E-state index contributed by atoms with van der Waals surface area (Å²) in [6, 6.07) is 7.91. The van der Waals surface area contributed by atoms with Crippen LogP contribution in [-0.4, -0.2) is 30.7 Å². The lowest BCUT2D eigenvalue weighted by atomic mass is 9.97. The topological polar surface area (TPSA) is 111 Å². The minimum atomic E-state index is -0.517. The van der Waals surface area contributed by atoms with Gasteiger partial charge in [0.25, 0.3) is 5.91 Å². The number of nitrogens with one attached hydrogen (secondary N) is 2. The van der Waals surface area contributed by atoms with Crippen LogP contribution in [0.4, 0.5) is 0 Å². The Bertz CT molecular complexity index is 739. The third-order valence-corrected chi connectivity index (χ3v) is 4.74. The number of rotatable bonds is 4. The number of nitrogens with two attached hydrogens (primary N) is 1. The molecule has 2 atom stereocenters. The van der Waals surface area contributed by atoms with Gasteiger partial charge in [0.1, 0.15) is 17.1 Å². The second kappa shape index (κ2) is 6.96. The van der Waals surface area contributed by atoms with E-state index in [1.54, 1.807) is 7.11 Å². The number of Topliss-reactive ketones (excluding diaryl/α,β-unsaturated/α-hetero) is 1. The fraction of sp³-hybridized carbons (Fsp3) is 0.389. The minimum Gasteiger partial charge on any atom is -0.497 e. The standard InChI is InChI=1S/C18H21N3O4/c1-25-13-6-3-10(4-7-13)11-2-5-12(8-11)20-18(24)17-16(19)14(22)9-15(23)21-17/h3-4,6-7,11-12H,2,5,8-9,19H2,1H3,(H,20,24)(H,21,23). The average molecular weight is 343 g/mol. The van der Waals surface area contributed by atoms with Crippen LogP contribution in [0.25, 0.3) is 0 Å². The summed E-state index contributed by atoms with van der Waals surface area (Å²) in [5, 5.41) is 5.27. The van der Waals surface area contributed by atoms with Crippen LogP contribution >= 0.6 is 0 Å². The molecular weight excluding hydrogens is 322 g/mol. The van der Waals surface area contributed by atoms with Gasteiger partial charge in [-0.3, -0.25) is 14.4 Å². The number of hydrogen-bond acceptors (Lipinski definition) is 5. The van der Waals surface area contributed by atoms with E-state index < -0.39 is 17.6 Å². The molecule has 4 N–H and O–H groups in total. The summed E-state index contributed by atoms with van der Waals surface area (Å²) in [4.78, 5) is 35.4. The first-order valence-electron chi connectivity index (χ1n) is 8.25. The lowest BCUT2D eigenvalue weighted by Crippen LogP contribution is -2.45. The van der Waals surface area contributed by atoms with Gasteiger partial charge in [0.2, 0.25) is 5.91 Å². The molecule has 0 bridgehead atoms. The largest absolute Gasteiger partial charge is 0.497 e. The molecule has 0 spiro atoms. The number of carbonyl (C=O) groups excluding carboxylic acids is 3. The van der Waals surface area contributed by atoms with Gasteiger partial charge < -0.3 is 21.1 Å². The van der Waals surface area contributed by atoms with Crippen LogP contribution in [0.2, 0.25) is 0 Å². The number of allylic oxidation sites excluding steroid dienone is 1. The van der Waals surface area contributed by atoms with E-state index in [9.17, 15) is 14.4 Å². The van der Waals surface area contributed by atoms with Crippen molar-refractivity contribution in [2.75, 3.05) is 7.11 Å². The molecule has 1 aliphatic carbocycles. The first kappa shape index (κ1) is 17.0. The Hall–Kier alpha value is -2.83. The van der Waals surface area contributed by atoms with E-state index >= 15 is 0 Å². The Morgan fingerprint density at radius 2 is 1.96 bits per heavy atom. The second-order valence-electron chi connectivity index (χ2n) is 6.39. The Morgan fingerprint density at radius 3 is 2.64 bits per heavy atom. The summed E-state index contributed by atoms with van der Waals surface area (Å²) in [6.07, 6.45) is 2.27. The van der Waals surface area contributed by atoms with E-state index in [0.29, 0.717) is 5.92 Å². The predicted molar refractivity (Wildman–Crippen MR) is 90.5 cm³/mol. The number of ketones is 1. The number of benzene rings is 1. The molecule has 2 unspecified atom stereocenters. The lowest BCUT2D eigenvalue weighted by Gasteiger charge is -2.19. The molecule has 1 fully saturated rings. The average Bonchev–Trinajstić information content (AvgIpc) is 3.06. The summed E-state index contributed by atoms with van der Waals surface area (Å²) in [5.41, 5.74) is 6.54. The maximum absolute atomic E-state index is 12.3. The van der Waals surface area contributed by atoms with Crippen LogP contribution in [-0.2, 0) is 14.4 Å². The minimum absolute atomic E-state index is 0.0196. The van der Waals surface area contributed by atoms with Gasteiger partial charge in [-0.2, -0.15) is 0 Å². The van der Waals surface area contributed by atoms with Crippen molar-refractivity contribution < 1.29 is 19.1 Å². The predicted octanol–water partition coefficient (Wildman–Crippen LogP) is 0.707. The van der Waals surface area contributed by atoms with E-state index in [4.69, 9.17) is 10.5 Å². The van der Waals surface area contributed by atoms with E-state index in [2.05, 4.69) is 10.6 Å². The SMILES string of the molecule is COc1ccc(C2CCC(NC(=O)C3=C(N)C(=O)CC(=O)N3)C2)cc1. The summed E-state index contributed by atoms with van der Waals surface area (Å²) in [5.74, 6) is -0.362. The highest BCUT2D eigenvalue weighted by molar-refractivity contribution is 6.16. The van der Waals surface area contributed by atoms with Crippen LogP contribution < -0.4 is 21.1 Å². The normalized spacial score (nSPS) is 23.4. The highest BCUT2D eigenvalue weighted by atomic mass is 16.5. The highest BCUT2D eigenvalue weighted by Gasteiger charge is 2.31. The number of ether oxygens (including phenoxy) is 1. The molecule has 1 saturated carbocycles. The maximum atomic E-state index is 12.3. The van der Waals surface area contributed by atoms with E-state index in [1.807, 2.05) is 24.3 Å². The Kier molecular flexibility index (Phi) is 4.74. The van der Waals surface area contributed by atoms with Crippen molar-refractivity contribution in [1.82, 2.24) is 10.6 Å². The first-order valence-corrected chi connectivity index (χ1v) is 8.25. The smallest absolute Gasteiger partial charge is 0.270 e. The third kappa shape index (κ3) is 3.65. The first-order chi connectivity index (χ1) is 12.0. The summed E-state index contributed by atoms with van der Waals surface area (Å²) < 4.78 is 5.16. The molecule has 1 aliphatic heterocycles. The molecule has 7 nitrogen and oxygen atoms in total. The van der Waals surface area contributed by atoms with Gasteiger partial charge in [-0.25, -0.2) is 0 Å². The number of methoxy groups -OCH3 is 1. The molecule has 0 saturated heterocycles. The van der Waals surface area contributed by atoms with Gasteiger partial charge >= 0.3 is 0 Å². The summed E-state index contributed by atoms with van der Waals surface area (Å²) in [6.45, 7) is 0. The summed E-state index contributed by atoms with van der Waals surface area (Å²) in [7, 11) is 1.63. The third-order valence-electron chi connectivity index (χ3n) is 4.74.